The van der Waals surface area contributed by atoms with Crippen molar-refractivity contribution in [2.24, 2.45) is 11.8 Å². The second-order valence-corrected chi connectivity index (χ2v) is 5.93. The summed E-state index contributed by atoms with van der Waals surface area (Å²) < 4.78 is 7.81. The molecular formula is C15H29N3O. The molecule has 19 heavy (non-hydrogen) atoms. The number of ether oxygens (including phenoxy) is 1. The van der Waals surface area contributed by atoms with E-state index in [9.17, 15) is 0 Å². The molecule has 0 spiro atoms. The van der Waals surface area contributed by atoms with Gasteiger partial charge in [0.25, 0.3) is 0 Å². The van der Waals surface area contributed by atoms with Crippen LogP contribution in [0.25, 0.3) is 0 Å². The molecule has 0 amide bonds. The number of imidazole rings is 1. The van der Waals surface area contributed by atoms with Crippen LogP contribution in [0.5, 0.6) is 0 Å². The maximum absolute atomic E-state index is 5.60. The van der Waals surface area contributed by atoms with Gasteiger partial charge in [-0.1, -0.05) is 27.7 Å². The van der Waals surface area contributed by atoms with E-state index in [0.717, 1.165) is 39.3 Å². The van der Waals surface area contributed by atoms with Crippen molar-refractivity contribution in [2.45, 2.75) is 47.2 Å². The first-order valence-electron chi connectivity index (χ1n) is 7.37. The van der Waals surface area contributed by atoms with Gasteiger partial charge in [0.2, 0.25) is 0 Å². The summed E-state index contributed by atoms with van der Waals surface area (Å²) in [7, 11) is 0. The Hall–Kier alpha value is -0.870. The number of hydrogen-bond acceptors (Lipinski definition) is 3. The molecule has 0 aliphatic heterocycles. The van der Waals surface area contributed by atoms with Crippen LogP contribution in [-0.4, -0.2) is 29.3 Å². The normalized spacial score (nSPS) is 11.7. The van der Waals surface area contributed by atoms with Gasteiger partial charge in [-0.2, -0.15) is 0 Å². The maximum atomic E-state index is 5.60. The lowest BCUT2D eigenvalue weighted by Crippen LogP contribution is -2.21. The summed E-state index contributed by atoms with van der Waals surface area (Å²) in [6, 6.07) is 0. The quantitative estimate of drug-likeness (QED) is 0.662. The molecule has 0 fully saturated rings. The molecule has 4 heteroatoms. The largest absolute Gasteiger partial charge is 0.381 e. The van der Waals surface area contributed by atoms with Crippen molar-refractivity contribution in [2.75, 3.05) is 19.8 Å². The second-order valence-electron chi connectivity index (χ2n) is 5.93. The Morgan fingerprint density at radius 1 is 1.26 bits per heavy atom. The third-order valence-corrected chi connectivity index (χ3v) is 2.80. The topological polar surface area (TPSA) is 39.1 Å². The summed E-state index contributed by atoms with van der Waals surface area (Å²) in [5, 5.41) is 3.45. The summed E-state index contributed by atoms with van der Waals surface area (Å²) >= 11 is 0. The summed E-state index contributed by atoms with van der Waals surface area (Å²) in [5.41, 5.74) is 1.25. The zero-order chi connectivity index (χ0) is 14.1. The van der Waals surface area contributed by atoms with Crippen molar-refractivity contribution in [3.63, 3.8) is 0 Å². The van der Waals surface area contributed by atoms with Crippen molar-refractivity contribution in [3.05, 3.63) is 18.2 Å². The van der Waals surface area contributed by atoms with E-state index in [-0.39, 0.29) is 0 Å². The fraction of sp³-hybridized carbons (Fsp3) is 0.800. The van der Waals surface area contributed by atoms with Gasteiger partial charge in [-0.15, -0.1) is 0 Å². The summed E-state index contributed by atoms with van der Waals surface area (Å²) in [4.78, 5) is 4.23. The SMILES string of the molecule is CC(C)CNCc1cncn1CCCOCC(C)C. The number of aryl methyl sites for hydroxylation is 1. The first kappa shape index (κ1) is 16.2. The average molecular weight is 267 g/mol. The molecule has 110 valence electrons. The Morgan fingerprint density at radius 3 is 2.74 bits per heavy atom. The molecule has 1 heterocycles. The highest BCUT2D eigenvalue weighted by Gasteiger charge is 2.02. The monoisotopic (exact) mass is 267 g/mol. The van der Waals surface area contributed by atoms with Crippen LogP contribution in [0.1, 0.15) is 39.8 Å². The van der Waals surface area contributed by atoms with Crippen LogP contribution in [0.15, 0.2) is 12.5 Å². The summed E-state index contributed by atoms with van der Waals surface area (Å²) in [6.07, 6.45) is 4.90. The van der Waals surface area contributed by atoms with Crippen molar-refractivity contribution >= 4 is 0 Å². The van der Waals surface area contributed by atoms with E-state index < -0.39 is 0 Å². The molecule has 0 saturated heterocycles. The molecule has 0 saturated carbocycles. The Balaban J connectivity index is 2.21. The molecule has 0 aromatic carbocycles. The predicted molar refractivity (Wildman–Crippen MR) is 79.0 cm³/mol. The molecule has 0 bridgehead atoms. The minimum atomic E-state index is 0.615. The van der Waals surface area contributed by atoms with Gasteiger partial charge in [0, 0.05) is 32.5 Å². The first-order chi connectivity index (χ1) is 9.09. The molecule has 1 rings (SSSR count). The number of aromatic nitrogens is 2. The Kier molecular flexibility index (Phi) is 7.75. The van der Waals surface area contributed by atoms with Crippen LogP contribution in [-0.2, 0) is 17.8 Å². The minimum absolute atomic E-state index is 0.615. The van der Waals surface area contributed by atoms with Crippen LogP contribution in [0, 0.1) is 11.8 Å². The molecule has 4 nitrogen and oxygen atoms in total. The van der Waals surface area contributed by atoms with Crippen molar-refractivity contribution in [3.8, 4) is 0 Å². The summed E-state index contributed by atoms with van der Waals surface area (Å²) in [5.74, 6) is 1.30. The van der Waals surface area contributed by atoms with Crippen molar-refractivity contribution in [1.82, 2.24) is 14.9 Å². The van der Waals surface area contributed by atoms with E-state index in [1.807, 2.05) is 12.5 Å². The smallest absolute Gasteiger partial charge is 0.0948 e. The van der Waals surface area contributed by atoms with E-state index in [2.05, 4.69) is 42.6 Å². The Morgan fingerprint density at radius 2 is 2.05 bits per heavy atom. The Labute approximate surface area is 117 Å². The number of rotatable bonds is 10. The lowest BCUT2D eigenvalue weighted by Gasteiger charge is -2.11. The van der Waals surface area contributed by atoms with Crippen molar-refractivity contribution < 1.29 is 4.74 Å². The number of hydrogen-bond donors (Lipinski definition) is 1. The van der Waals surface area contributed by atoms with Gasteiger partial charge in [0.1, 0.15) is 0 Å². The second kappa shape index (κ2) is 9.10. The van der Waals surface area contributed by atoms with Gasteiger partial charge in [-0.05, 0) is 24.8 Å². The van der Waals surface area contributed by atoms with Crippen LogP contribution in [0.4, 0.5) is 0 Å². The average Bonchev–Trinajstić information content (AvgIpc) is 2.75. The zero-order valence-corrected chi connectivity index (χ0v) is 12.9. The van der Waals surface area contributed by atoms with Crippen LogP contribution < -0.4 is 5.32 Å². The lowest BCUT2D eigenvalue weighted by molar-refractivity contribution is 0.105. The van der Waals surface area contributed by atoms with Crippen molar-refractivity contribution in [1.29, 1.82) is 0 Å². The van der Waals surface area contributed by atoms with E-state index >= 15 is 0 Å². The van der Waals surface area contributed by atoms with Crippen LogP contribution in [0.3, 0.4) is 0 Å². The van der Waals surface area contributed by atoms with Gasteiger partial charge in [0.15, 0.2) is 0 Å². The summed E-state index contributed by atoms with van der Waals surface area (Å²) in [6.45, 7) is 13.4. The van der Waals surface area contributed by atoms with Gasteiger partial charge in [0.05, 0.1) is 12.0 Å². The van der Waals surface area contributed by atoms with E-state index in [1.54, 1.807) is 0 Å². The lowest BCUT2D eigenvalue weighted by atomic mass is 10.2. The first-order valence-corrected chi connectivity index (χ1v) is 7.37. The molecule has 0 unspecified atom stereocenters. The molecule has 0 aliphatic rings. The highest BCUT2D eigenvalue weighted by molar-refractivity contribution is 4.97. The predicted octanol–water partition coefficient (Wildman–Crippen LogP) is 2.69. The maximum Gasteiger partial charge on any atom is 0.0948 e. The molecular weight excluding hydrogens is 238 g/mol. The highest BCUT2D eigenvalue weighted by Crippen LogP contribution is 2.02. The molecule has 1 aromatic rings. The van der Waals surface area contributed by atoms with E-state index in [0.29, 0.717) is 11.8 Å². The van der Waals surface area contributed by atoms with Gasteiger partial charge in [-0.3, -0.25) is 0 Å². The van der Waals surface area contributed by atoms with Gasteiger partial charge < -0.3 is 14.6 Å². The third kappa shape index (κ3) is 7.33. The standard InChI is InChI=1S/C15H29N3O/c1-13(2)8-16-9-15-10-17-12-18(15)6-5-7-19-11-14(3)4/h10,12-14,16H,5-9,11H2,1-4H3. The fourth-order valence-electron chi connectivity index (χ4n) is 1.84. The van der Waals surface area contributed by atoms with Gasteiger partial charge in [-0.25, -0.2) is 4.98 Å². The molecule has 1 N–H and O–H groups in total. The molecule has 0 radical (unpaired) electrons. The van der Waals surface area contributed by atoms with E-state index in [4.69, 9.17) is 4.74 Å². The number of nitrogens with zero attached hydrogens (tertiary/aromatic N) is 2. The molecule has 0 aliphatic carbocycles. The Bertz CT molecular complexity index is 334. The third-order valence-electron chi connectivity index (χ3n) is 2.80. The van der Waals surface area contributed by atoms with Crippen LogP contribution in [0.2, 0.25) is 0 Å². The molecule has 1 aromatic heterocycles. The minimum Gasteiger partial charge on any atom is -0.381 e. The van der Waals surface area contributed by atoms with Crippen LogP contribution >= 0.6 is 0 Å². The number of nitrogens with one attached hydrogen (secondary N) is 1. The zero-order valence-electron chi connectivity index (χ0n) is 12.9. The van der Waals surface area contributed by atoms with Gasteiger partial charge >= 0.3 is 0 Å². The highest BCUT2D eigenvalue weighted by atomic mass is 16.5. The van der Waals surface area contributed by atoms with E-state index in [1.165, 1.54) is 5.69 Å². The fourth-order valence-corrected chi connectivity index (χ4v) is 1.84. The molecule has 0 atom stereocenters.